The largest absolute Gasteiger partial charge is 0.319 e. The molecule has 1 unspecified atom stereocenters. The normalized spacial score (nSPS) is 13.0. The summed E-state index contributed by atoms with van der Waals surface area (Å²) in [6.07, 6.45) is 1.77. The van der Waals surface area contributed by atoms with Gasteiger partial charge in [0.25, 0.3) is 0 Å². The van der Waals surface area contributed by atoms with Gasteiger partial charge in [0, 0.05) is 10.5 Å². The summed E-state index contributed by atoms with van der Waals surface area (Å²) in [6, 6.07) is 5.72. The summed E-state index contributed by atoms with van der Waals surface area (Å²) in [7, 11) is 0. The molecule has 0 amide bonds. The van der Waals surface area contributed by atoms with Gasteiger partial charge in [0.2, 0.25) is 0 Å². The molecule has 0 saturated heterocycles. The molecule has 0 bridgehead atoms. The second-order valence-corrected chi connectivity index (χ2v) is 6.68. The van der Waals surface area contributed by atoms with Crippen molar-refractivity contribution in [2.45, 2.75) is 25.9 Å². The fourth-order valence-electron chi connectivity index (χ4n) is 1.92. The van der Waals surface area contributed by atoms with Gasteiger partial charge in [-0.15, -0.1) is 0 Å². The third kappa shape index (κ3) is 3.05. The summed E-state index contributed by atoms with van der Waals surface area (Å²) < 4.78 is 3.69. The van der Waals surface area contributed by atoms with Crippen LogP contribution in [0.1, 0.15) is 37.2 Å². The predicted molar refractivity (Wildman–Crippen MR) is 85.5 cm³/mol. The van der Waals surface area contributed by atoms with Crippen LogP contribution in [-0.4, -0.2) is 9.78 Å². The first-order valence-corrected chi connectivity index (χ1v) is 7.81. The average Bonchev–Trinajstić information content (AvgIpc) is 2.74. The van der Waals surface area contributed by atoms with Crippen molar-refractivity contribution in [3.8, 4) is 0 Å². The smallest absolute Gasteiger partial charge is 0.0742 e. The molecule has 1 atom stereocenters. The van der Waals surface area contributed by atoms with E-state index in [1.165, 1.54) is 0 Å². The van der Waals surface area contributed by atoms with E-state index >= 15 is 0 Å². The van der Waals surface area contributed by atoms with E-state index in [1.54, 1.807) is 6.20 Å². The van der Waals surface area contributed by atoms with Crippen molar-refractivity contribution in [1.29, 1.82) is 0 Å². The molecule has 2 rings (SSSR count). The van der Waals surface area contributed by atoms with Gasteiger partial charge >= 0.3 is 0 Å². The molecule has 2 N–H and O–H groups in total. The highest BCUT2D eigenvalue weighted by Crippen LogP contribution is 2.32. The summed E-state index contributed by atoms with van der Waals surface area (Å²) in [5.74, 6) is 0. The Balaban J connectivity index is 2.46. The van der Waals surface area contributed by atoms with E-state index in [2.05, 4.69) is 50.8 Å². The van der Waals surface area contributed by atoms with Gasteiger partial charge in [0.05, 0.1) is 27.4 Å². The minimum absolute atomic E-state index is 0.248. The first-order valence-electron chi connectivity index (χ1n) is 5.85. The van der Waals surface area contributed by atoms with Crippen molar-refractivity contribution < 1.29 is 0 Å². The van der Waals surface area contributed by atoms with Crippen molar-refractivity contribution >= 4 is 43.5 Å². The summed E-state index contributed by atoms with van der Waals surface area (Å²) in [5.41, 5.74) is 8.26. The van der Waals surface area contributed by atoms with E-state index in [4.69, 9.17) is 17.3 Å². The van der Waals surface area contributed by atoms with Gasteiger partial charge < -0.3 is 5.73 Å². The number of rotatable bonds is 3. The molecule has 0 aliphatic rings. The molecule has 102 valence electrons. The van der Waals surface area contributed by atoms with Crippen molar-refractivity contribution in [3.05, 3.63) is 49.6 Å². The van der Waals surface area contributed by atoms with Gasteiger partial charge in [-0.25, -0.2) is 0 Å². The molecule has 0 saturated carbocycles. The summed E-state index contributed by atoms with van der Waals surface area (Å²) in [4.78, 5) is 0. The zero-order valence-corrected chi connectivity index (χ0v) is 14.5. The van der Waals surface area contributed by atoms with Gasteiger partial charge in [0.15, 0.2) is 0 Å². The van der Waals surface area contributed by atoms with Gasteiger partial charge in [-0.05, 0) is 63.4 Å². The molecule has 6 heteroatoms. The van der Waals surface area contributed by atoms with Crippen LogP contribution in [0.25, 0.3) is 0 Å². The molecular formula is C13H14Br2ClN3. The Labute approximate surface area is 134 Å². The lowest BCUT2D eigenvalue weighted by atomic mass is 10.0. The van der Waals surface area contributed by atoms with E-state index in [-0.39, 0.29) is 12.1 Å². The van der Waals surface area contributed by atoms with Crippen LogP contribution in [0.2, 0.25) is 5.02 Å². The van der Waals surface area contributed by atoms with Crippen molar-refractivity contribution in [2.75, 3.05) is 0 Å². The van der Waals surface area contributed by atoms with Crippen LogP contribution in [0, 0.1) is 0 Å². The third-order valence-corrected chi connectivity index (χ3v) is 4.72. The van der Waals surface area contributed by atoms with Crippen LogP contribution in [0.5, 0.6) is 0 Å². The number of halogens is 3. The SMILES string of the molecule is CC(C)n1ncc(Br)c1C(N)c1ccc(Br)c(Cl)c1. The van der Waals surface area contributed by atoms with Crippen LogP contribution in [0.3, 0.4) is 0 Å². The molecule has 0 radical (unpaired) electrons. The second kappa shape index (κ2) is 5.95. The molecule has 3 nitrogen and oxygen atoms in total. The number of hydrogen-bond acceptors (Lipinski definition) is 2. The lowest BCUT2D eigenvalue weighted by Gasteiger charge is -2.18. The maximum Gasteiger partial charge on any atom is 0.0742 e. The molecule has 1 aromatic heterocycles. The standard InChI is InChI=1S/C13H14Br2ClN3/c1-7(2)19-13(10(15)6-18-19)12(17)8-3-4-9(14)11(16)5-8/h3-7,12H,17H2,1-2H3. The van der Waals surface area contributed by atoms with Crippen molar-refractivity contribution in [3.63, 3.8) is 0 Å². The fourth-order valence-corrected chi connectivity index (χ4v) is 2.87. The highest BCUT2D eigenvalue weighted by molar-refractivity contribution is 9.10. The predicted octanol–water partition coefficient (Wildman–Crippen LogP) is 4.69. The van der Waals surface area contributed by atoms with E-state index in [0.717, 1.165) is 20.2 Å². The molecule has 1 heterocycles. The molecule has 2 aromatic rings. The Hall–Kier alpha value is -0.360. The molecule has 0 aliphatic heterocycles. The molecule has 0 aliphatic carbocycles. The third-order valence-electron chi connectivity index (χ3n) is 2.87. The number of nitrogens with zero attached hydrogens (tertiary/aromatic N) is 2. The number of aromatic nitrogens is 2. The molecule has 19 heavy (non-hydrogen) atoms. The van der Waals surface area contributed by atoms with Crippen LogP contribution in [0.15, 0.2) is 33.3 Å². The van der Waals surface area contributed by atoms with Crippen LogP contribution in [-0.2, 0) is 0 Å². The lowest BCUT2D eigenvalue weighted by molar-refractivity contribution is 0.498. The monoisotopic (exact) mass is 405 g/mol. The zero-order chi connectivity index (χ0) is 14.2. The maximum absolute atomic E-state index is 6.35. The first-order chi connectivity index (χ1) is 8.91. The Morgan fingerprint density at radius 2 is 1.95 bits per heavy atom. The van der Waals surface area contributed by atoms with Crippen LogP contribution >= 0.6 is 43.5 Å². The first kappa shape index (κ1) is 15.0. The highest BCUT2D eigenvalue weighted by atomic mass is 79.9. The Kier molecular flexibility index (Phi) is 4.71. The van der Waals surface area contributed by atoms with E-state index in [0.29, 0.717) is 5.02 Å². The van der Waals surface area contributed by atoms with Gasteiger partial charge in [0.1, 0.15) is 0 Å². The van der Waals surface area contributed by atoms with Crippen LogP contribution in [0.4, 0.5) is 0 Å². The second-order valence-electron chi connectivity index (χ2n) is 4.57. The Morgan fingerprint density at radius 1 is 1.26 bits per heavy atom. The fraction of sp³-hybridized carbons (Fsp3) is 0.308. The lowest BCUT2D eigenvalue weighted by Crippen LogP contribution is -2.19. The zero-order valence-electron chi connectivity index (χ0n) is 10.6. The van der Waals surface area contributed by atoms with E-state index < -0.39 is 0 Å². The van der Waals surface area contributed by atoms with Gasteiger partial charge in [-0.2, -0.15) is 5.10 Å². The average molecular weight is 408 g/mol. The topological polar surface area (TPSA) is 43.8 Å². The van der Waals surface area contributed by atoms with Crippen molar-refractivity contribution in [1.82, 2.24) is 9.78 Å². The van der Waals surface area contributed by atoms with Gasteiger partial charge in [-0.1, -0.05) is 17.7 Å². The minimum atomic E-state index is -0.273. The van der Waals surface area contributed by atoms with E-state index in [9.17, 15) is 0 Å². The Morgan fingerprint density at radius 3 is 2.53 bits per heavy atom. The van der Waals surface area contributed by atoms with E-state index in [1.807, 2.05) is 22.9 Å². The summed E-state index contributed by atoms with van der Waals surface area (Å²) >= 11 is 13.0. The van der Waals surface area contributed by atoms with Crippen LogP contribution < -0.4 is 5.73 Å². The summed E-state index contributed by atoms with van der Waals surface area (Å²) in [6.45, 7) is 4.15. The Bertz CT molecular complexity index is 596. The summed E-state index contributed by atoms with van der Waals surface area (Å²) in [5, 5.41) is 5.00. The minimum Gasteiger partial charge on any atom is -0.319 e. The molecule has 0 spiro atoms. The number of nitrogens with two attached hydrogens (primary N) is 1. The maximum atomic E-state index is 6.35. The highest BCUT2D eigenvalue weighted by Gasteiger charge is 2.20. The number of benzene rings is 1. The van der Waals surface area contributed by atoms with Gasteiger partial charge in [-0.3, -0.25) is 4.68 Å². The molecular weight excluding hydrogens is 393 g/mol. The molecule has 1 aromatic carbocycles. The van der Waals surface area contributed by atoms with Crippen molar-refractivity contribution in [2.24, 2.45) is 5.73 Å². The molecule has 0 fully saturated rings. The quantitative estimate of drug-likeness (QED) is 0.802. The number of hydrogen-bond donors (Lipinski definition) is 1.